The lowest BCUT2D eigenvalue weighted by atomic mass is 9.72. The quantitative estimate of drug-likeness (QED) is 0.375. The maximum Gasteiger partial charge on any atom is 0.236 e. The lowest BCUT2D eigenvalue weighted by Gasteiger charge is -2.34. The molecule has 0 saturated carbocycles. The first-order valence-electron chi connectivity index (χ1n) is 9.85. The molecule has 2 unspecified atom stereocenters. The molecule has 1 heterocycles. The fourth-order valence-electron chi connectivity index (χ4n) is 4.41. The first-order chi connectivity index (χ1) is 14.6. The maximum absolute atomic E-state index is 13.5. The van der Waals surface area contributed by atoms with Crippen LogP contribution in [0.3, 0.4) is 0 Å². The van der Waals surface area contributed by atoms with E-state index in [2.05, 4.69) is 5.32 Å². The number of amides is 1. The molecule has 0 bridgehead atoms. The van der Waals surface area contributed by atoms with Crippen molar-refractivity contribution in [1.82, 2.24) is 0 Å². The van der Waals surface area contributed by atoms with Crippen molar-refractivity contribution in [3.63, 3.8) is 0 Å². The number of nitrogens with one attached hydrogen (secondary N) is 1. The molecular formula is C26H19NO3. The van der Waals surface area contributed by atoms with Crippen LogP contribution in [0, 0.1) is 5.92 Å². The first kappa shape index (κ1) is 18.1. The summed E-state index contributed by atoms with van der Waals surface area (Å²) in [6.45, 7) is 0. The van der Waals surface area contributed by atoms with Crippen molar-refractivity contribution in [3.8, 4) is 5.75 Å². The van der Waals surface area contributed by atoms with Gasteiger partial charge in [-0.25, -0.2) is 0 Å². The van der Waals surface area contributed by atoms with Crippen LogP contribution in [-0.4, -0.2) is 16.8 Å². The highest BCUT2D eigenvalue weighted by Crippen LogP contribution is 2.45. The minimum Gasteiger partial charge on any atom is -0.507 e. The van der Waals surface area contributed by atoms with Crippen LogP contribution in [-0.2, 0) is 4.79 Å². The van der Waals surface area contributed by atoms with Crippen LogP contribution in [0.5, 0.6) is 5.75 Å². The van der Waals surface area contributed by atoms with E-state index in [-0.39, 0.29) is 17.2 Å². The Kier molecular flexibility index (Phi) is 4.32. The van der Waals surface area contributed by atoms with E-state index in [9.17, 15) is 14.7 Å². The number of carbonyl (C=O) groups is 2. The molecule has 1 aliphatic rings. The Bertz CT molecular complexity index is 1280. The van der Waals surface area contributed by atoms with Crippen molar-refractivity contribution in [2.24, 2.45) is 5.92 Å². The zero-order valence-electron chi connectivity index (χ0n) is 16.1. The SMILES string of the molecule is O=C1Nc2ccc3ccccc3c2C(c2ccccc2)C1C(=O)c1ccccc1O. The van der Waals surface area contributed by atoms with Crippen molar-refractivity contribution in [2.75, 3.05) is 5.32 Å². The van der Waals surface area contributed by atoms with Crippen LogP contribution in [0.25, 0.3) is 10.8 Å². The van der Waals surface area contributed by atoms with Gasteiger partial charge in [-0.2, -0.15) is 0 Å². The van der Waals surface area contributed by atoms with E-state index in [0.717, 1.165) is 21.9 Å². The molecule has 1 amide bonds. The van der Waals surface area contributed by atoms with Gasteiger partial charge in [-0.1, -0.05) is 72.8 Å². The van der Waals surface area contributed by atoms with Crippen LogP contribution in [0.2, 0.25) is 0 Å². The summed E-state index contributed by atoms with van der Waals surface area (Å²) in [5, 5.41) is 15.2. The van der Waals surface area contributed by atoms with E-state index < -0.39 is 17.6 Å². The summed E-state index contributed by atoms with van der Waals surface area (Å²) in [6, 6.07) is 27.8. The van der Waals surface area contributed by atoms with E-state index in [1.165, 1.54) is 6.07 Å². The number of hydrogen-bond donors (Lipinski definition) is 2. The number of rotatable bonds is 3. The van der Waals surface area contributed by atoms with E-state index >= 15 is 0 Å². The molecule has 0 spiro atoms. The van der Waals surface area contributed by atoms with E-state index in [4.69, 9.17) is 0 Å². The lowest BCUT2D eigenvalue weighted by Crippen LogP contribution is -2.39. The van der Waals surface area contributed by atoms with Crippen molar-refractivity contribution in [1.29, 1.82) is 0 Å². The van der Waals surface area contributed by atoms with Gasteiger partial charge in [0.05, 0.1) is 5.56 Å². The summed E-state index contributed by atoms with van der Waals surface area (Å²) in [5.74, 6) is -2.32. The molecule has 30 heavy (non-hydrogen) atoms. The zero-order valence-corrected chi connectivity index (χ0v) is 16.1. The number of aromatic hydroxyl groups is 1. The summed E-state index contributed by atoms with van der Waals surface area (Å²) in [6.07, 6.45) is 0. The fourth-order valence-corrected chi connectivity index (χ4v) is 4.41. The Hall–Kier alpha value is -3.92. The number of fused-ring (bicyclic) bond motifs is 3. The molecule has 4 aromatic rings. The molecule has 0 radical (unpaired) electrons. The lowest BCUT2D eigenvalue weighted by molar-refractivity contribution is -0.119. The summed E-state index contributed by atoms with van der Waals surface area (Å²) < 4.78 is 0. The first-order valence-corrected chi connectivity index (χ1v) is 9.85. The number of hydrogen-bond acceptors (Lipinski definition) is 3. The Balaban J connectivity index is 1.77. The third kappa shape index (κ3) is 2.85. The molecule has 0 fully saturated rings. The standard InChI is InChI=1S/C26H19NO3/c28-21-13-7-6-12-19(21)25(29)24-22(17-9-2-1-3-10-17)23-18-11-5-4-8-16(18)14-15-20(23)27-26(24)30/h1-15,22,24,28H,(H,27,30). The molecule has 4 nitrogen and oxygen atoms in total. The molecule has 0 aromatic heterocycles. The predicted octanol–water partition coefficient (Wildman–Crippen LogP) is 5.13. The second kappa shape index (κ2) is 7.16. The number of carbonyl (C=O) groups excluding carboxylic acids is 2. The van der Waals surface area contributed by atoms with Crippen LogP contribution < -0.4 is 5.32 Å². The third-order valence-electron chi connectivity index (χ3n) is 5.77. The average Bonchev–Trinajstić information content (AvgIpc) is 2.78. The maximum atomic E-state index is 13.5. The second-order valence-corrected chi connectivity index (χ2v) is 7.48. The number of para-hydroxylation sites is 1. The van der Waals surface area contributed by atoms with Gasteiger partial charge in [0.1, 0.15) is 11.7 Å². The molecule has 0 aliphatic carbocycles. The van der Waals surface area contributed by atoms with Gasteiger partial charge in [0, 0.05) is 11.6 Å². The van der Waals surface area contributed by atoms with Crippen LogP contribution >= 0.6 is 0 Å². The Morgan fingerprint density at radius 1 is 0.800 bits per heavy atom. The van der Waals surface area contributed by atoms with Gasteiger partial charge in [-0.05, 0) is 40.1 Å². The molecule has 4 heteroatoms. The molecule has 146 valence electrons. The number of phenolic OH excluding ortho intramolecular Hbond substituents is 1. The van der Waals surface area contributed by atoms with Gasteiger partial charge in [0.2, 0.25) is 5.91 Å². The van der Waals surface area contributed by atoms with Crippen molar-refractivity contribution in [2.45, 2.75) is 5.92 Å². The number of anilines is 1. The highest BCUT2D eigenvalue weighted by atomic mass is 16.3. The van der Waals surface area contributed by atoms with Crippen LogP contribution in [0.4, 0.5) is 5.69 Å². The summed E-state index contributed by atoms with van der Waals surface area (Å²) in [4.78, 5) is 26.7. The van der Waals surface area contributed by atoms with Gasteiger partial charge < -0.3 is 10.4 Å². The van der Waals surface area contributed by atoms with Crippen LogP contribution in [0.15, 0.2) is 91.0 Å². The monoisotopic (exact) mass is 393 g/mol. The van der Waals surface area contributed by atoms with Crippen molar-refractivity contribution in [3.05, 3.63) is 108 Å². The molecule has 1 aliphatic heterocycles. The highest BCUT2D eigenvalue weighted by molar-refractivity contribution is 6.18. The molecule has 0 saturated heterocycles. The number of ketones is 1. The van der Waals surface area contributed by atoms with E-state index in [1.807, 2.05) is 66.7 Å². The van der Waals surface area contributed by atoms with Gasteiger partial charge in [0.15, 0.2) is 5.78 Å². The van der Waals surface area contributed by atoms with Gasteiger partial charge in [-0.15, -0.1) is 0 Å². The summed E-state index contributed by atoms with van der Waals surface area (Å²) in [7, 11) is 0. The average molecular weight is 393 g/mol. The van der Waals surface area contributed by atoms with Crippen LogP contribution in [0.1, 0.15) is 27.4 Å². The normalized spacial score (nSPS) is 17.9. The minimum absolute atomic E-state index is 0.120. The van der Waals surface area contributed by atoms with Crippen molar-refractivity contribution >= 4 is 28.2 Å². The fraction of sp³-hybridized carbons (Fsp3) is 0.0769. The summed E-state index contributed by atoms with van der Waals surface area (Å²) in [5.41, 5.74) is 2.68. The van der Waals surface area contributed by atoms with E-state index in [0.29, 0.717) is 5.69 Å². The second-order valence-electron chi connectivity index (χ2n) is 7.48. The molecular weight excluding hydrogens is 374 g/mol. The smallest absolute Gasteiger partial charge is 0.236 e. The highest BCUT2D eigenvalue weighted by Gasteiger charge is 2.43. The number of benzene rings is 4. The number of phenols is 1. The van der Waals surface area contributed by atoms with E-state index in [1.54, 1.807) is 18.2 Å². The Labute approximate surface area is 173 Å². The summed E-state index contributed by atoms with van der Waals surface area (Å²) >= 11 is 0. The Morgan fingerprint density at radius 2 is 1.50 bits per heavy atom. The van der Waals surface area contributed by atoms with Gasteiger partial charge in [-0.3, -0.25) is 9.59 Å². The van der Waals surface area contributed by atoms with Crippen molar-refractivity contribution < 1.29 is 14.7 Å². The van der Waals surface area contributed by atoms with Gasteiger partial charge in [0.25, 0.3) is 0 Å². The molecule has 2 atom stereocenters. The molecule has 4 aromatic carbocycles. The largest absolute Gasteiger partial charge is 0.507 e. The number of Topliss-reactive ketones (excluding diaryl/α,β-unsaturated/α-hetero) is 1. The topological polar surface area (TPSA) is 66.4 Å². The molecule has 5 rings (SSSR count). The Morgan fingerprint density at radius 3 is 2.30 bits per heavy atom. The minimum atomic E-state index is -0.987. The molecule has 2 N–H and O–H groups in total. The third-order valence-corrected chi connectivity index (χ3v) is 5.77. The zero-order chi connectivity index (χ0) is 20.7. The van der Waals surface area contributed by atoms with Gasteiger partial charge >= 0.3 is 0 Å². The predicted molar refractivity (Wildman–Crippen MR) is 117 cm³/mol.